The molecule has 2 N–H and O–H groups in total. The van der Waals surface area contributed by atoms with Crippen molar-refractivity contribution >= 4 is 5.91 Å². The van der Waals surface area contributed by atoms with Crippen LogP contribution in [0.15, 0.2) is 30.3 Å². The Morgan fingerprint density at radius 1 is 1.35 bits per heavy atom. The number of ether oxygens (including phenoxy) is 1. The minimum Gasteiger partial charge on any atom is -0.381 e. The van der Waals surface area contributed by atoms with Crippen molar-refractivity contribution in [3.05, 3.63) is 35.9 Å². The Labute approximate surface area is 120 Å². The van der Waals surface area contributed by atoms with Gasteiger partial charge in [-0.05, 0) is 25.3 Å². The van der Waals surface area contributed by atoms with Gasteiger partial charge in [0.1, 0.15) is 0 Å². The Morgan fingerprint density at radius 2 is 1.95 bits per heavy atom. The minimum absolute atomic E-state index is 0.0509. The first-order valence-electron chi connectivity index (χ1n) is 7.21. The molecule has 1 aliphatic rings. The Kier molecular flexibility index (Phi) is 4.78. The Balaban J connectivity index is 2.15. The molecule has 4 nitrogen and oxygen atoms in total. The predicted octanol–water partition coefficient (Wildman–Crippen LogP) is 1.96. The third-order valence-corrected chi connectivity index (χ3v) is 4.48. The highest BCUT2D eigenvalue weighted by atomic mass is 16.5. The number of rotatable bonds is 4. The summed E-state index contributed by atoms with van der Waals surface area (Å²) in [6, 6.07) is 10.1. The summed E-state index contributed by atoms with van der Waals surface area (Å²) >= 11 is 0. The first kappa shape index (κ1) is 15.0. The van der Waals surface area contributed by atoms with Gasteiger partial charge in [-0.15, -0.1) is 0 Å². The van der Waals surface area contributed by atoms with Crippen LogP contribution in [0.1, 0.15) is 31.4 Å². The zero-order chi connectivity index (χ0) is 14.6. The zero-order valence-corrected chi connectivity index (χ0v) is 12.3. The van der Waals surface area contributed by atoms with Gasteiger partial charge in [0.25, 0.3) is 0 Å². The maximum Gasteiger partial charge on any atom is 0.230 e. The highest BCUT2D eigenvalue weighted by molar-refractivity contribution is 5.83. The zero-order valence-electron chi connectivity index (χ0n) is 12.3. The van der Waals surface area contributed by atoms with E-state index in [2.05, 4.69) is 6.92 Å². The lowest BCUT2D eigenvalue weighted by molar-refractivity contribution is -0.147. The van der Waals surface area contributed by atoms with Gasteiger partial charge in [-0.25, -0.2) is 0 Å². The highest BCUT2D eigenvalue weighted by Gasteiger charge is 2.41. The molecule has 1 amide bonds. The van der Waals surface area contributed by atoms with Gasteiger partial charge in [-0.3, -0.25) is 4.79 Å². The quantitative estimate of drug-likeness (QED) is 0.914. The summed E-state index contributed by atoms with van der Waals surface area (Å²) in [7, 11) is 1.87. The van der Waals surface area contributed by atoms with E-state index in [1.165, 1.54) is 0 Å². The first-order chi connectivity index (χ1) is 9.60. The van der Waals surface area contributed by atoms with E-state index in [0.717, 1.165) is 5.56 Å². The lowest BCUT2D eigenvalue weighted by Crippen LogP contribution is -2.50. The largest absolute Gasteiger partial charge is 0.381 e. The molecule has 1 unspecified atom stereocenters. The van der Waals surface area contributed by atoms with Gasteiger partial charge in [-0.1, -0.05) is 30.3 Å². The fourth-order valence-electron chi connectivity index (χ4n) is 2.77. The number of benzene rings is 1. The SMILES string of the molecule is CC(c1ccccc1)N(C)C(=O)C1(CN)CCOCC1. The molecule has 1 aliphatic heterocycles. The van der Waals surface area contributed by atoms with E-state index in [1.54, 1.807) is 0 Å². The van der Waals surface area contributed by atoms with Crippen LogP contribution in [0.25, 0.3) is 0 Å². The van der Waals surface area contributed by atoms with Gasteiger partial charge in [0, 0.05) is 26.8 Å². The molecule has 20 heavy (non-hydrogen) atoms. The average molecular weight is 276 g/mol. The number of amides is 1. The number of hydrogen-bond donors (Lipinski definition) is 1. The van der Waals surface area contributed by atoms with E-state index < -0.39 is 5.41 Å². The molecular formula is C16H24N2O2. The summed E-state index contributed by atoms with van der Waals surface area (Å²) in [5.74, 6) is 0.139. The van der Waals surface area contributed by atoms with Gasteiger partial charge >= 0.3 is 0 Å². The molecule has 1 aromatic rings. The van der Waals surface area contributed by atoms with Crippen LogP contribution in [0, 0.1) is 5.41 Å². The molecule has 4 heteroatoms. The monoisotopic (exact) mass is 276 g/mol. The molecular weight excluding hydrogens is 252 g/mol. The summed E-state index contributed by atoms with van der Waals surface area (Å²) in [5.41, 5.74) is 6.61. The minimum atomic E-state index is -0.448. The van der Waals surface area contributed by atoms with Crippen LogP contribution in [0.4, 0.5) is 0 Å². The predicted molar refractivity (Wildman–Crippen MR) is 79.2 cm³/mol. The Morgan fingerprint density at radius 3 is 2.50 bits per heavy atom. The van der Waals surface area contributed by atoms with Crippen LogP contribution in [0.5, 0.6) is 0 Å². The van der Waals surface area contributed by atoms with E-state index >= 15 is 0 Å². The summed E-state index contributed by atoms with van der Waals surface area (Å²) in [4.78, 5) is 14.7. The van der Waals surface area contributed by atoms with Crippen molar-refractivity contribution in [3.8, 4) is 0 Å². The van der Waals surface area contributed by atoms with Crippen LogP contribution in [-0.4, -0.2) is 37.6 Å². The third kappa shape index (κ3) is 2.86. The maximum atomic E-state index is 12.9. The third-order valence-electron chi connectivity index (χ3n) is 4.48. The topological polar surface area (TPSA) is 55.6 Å². The molecule has 110 valence electrons. The second-order valence-electron chi connectivity index (χ2n) is 5.60. The van der Waals surface area contributed by atoms with Crippen LogP contribution in [-0.2, 0) is 9.53 Å². The molecule has 2 rings (SSSR count). The molecule has 0 bridgehead atoms. The number of nitrogens with zero attached hydrogens (tertiary/aromatic N) is 1. The van der Waals surface area contributed by atoms with E-state index in [4.69, 9.17) is 10.5 Å². The molecule has 1 saturated heterocycles. The van der Waals surface area contributed by atoms with Crippen molar-refractivity contribution in [2.24, 2.45) is 11.1 Å². The maximum absolute atomic E-state index is 12.9. The summed E-state index contributed by atoms with van der Waals surface area (Å²) in [6.07, 6.45) is 1.43. The van der Waals surface area contributed by atoms with Crippen LogP contribution in [0.2, 0.25) is 0 Å². The number of carbonyl (C=O) groups excluding carboxylic acids is 1. The first-order valence-corrected chi connectivity index (χ1v) is 7.21. The van der Waals surface area contributed by atoms with Crippen molar-refractivity contribution in [1.82, 2.24) is 4.90 Å². The van der Waals surface area contributed by atoms with Crippen molar-refractivity contribution in [2.45, 2.75) is 25.8 Å². The van der Waals surface area contributed by atoms with E-state index in [1.807, 2.05) is 42.3 Å². The summed E-state index contributed by atoms with van der Waals surface area (Å²) in [5, 5.41) is 0. The molecule has 0 saturated carbocycles. The number of carbonyl (C=O) groups is 1. The van der Waals surface area contributed by atoms with Gasteiger partial charge < -0.3 is 15.4 Å². The summed E-state index contributed by atoms with van der Waals surface area (Å²) in [6.45, 7) is 3.69. The Hall–Kier alpha value is -1.39. The van der Waals surface area contributed by atoms with Crippen molar-refractivity contribution in [1.29, 1.82) is 0 Å². The second kappa shape index (κ2) is 6.37. The molecule has 1 atom stereocenters. The standard InChI is InChI=1S/C16H24N2O2/c1-13(14-6-4-3-5-7-14)18(2)15(19)16(12-17)8-10-20-11-9-16/h3-7,13H,8-12,17H2,1-2H3. The number of nitrogens with two attached hydrogens (primary N) is 1. The molecule has 0 aromatic heterocycles. The molecule has 0 aliphatic carbocycles. The van der Waals surface area contributed by atoms with Crippen molar-refractivity contribution in [2.75, 3.05) is 26.8 Å². The molecule has 1 aromatic carbocycles. The van der Waals surface area contributed by atoms with E-state index in [0.29, 0.717) is 32.6 Å². The smallest absolute Gasteiger partial charge is 0.230 e. The Bertz CT molecular complexity index is 441. The van der Waals surface area contributed by atoms with E-state index in [-0.39, 0.29) is 11.9 Å². The normalized spacial score (nSPS) is 19.4. The van der Waals surface area contributed by atoms with Gasteiger partial charge in [0.2, 0.25) is 5.91 Å². The van der Waals surface area contributed by atoms with Gasteiger partial charge in [0.05, 0.1) is 11.5 Å². The average Bonchev–Trinajstić information content (AvgIpc) is 2.54. The van der Waals surface area contributed by atoms with Crippen molar-refractivity contribution < 1.29 is 9.53 Å². The molecule has 1 heterocycles. The second-order valence-corrected chi connectivity index (χ2v) is 5.60. The fourth-order valence-corrected chi connectivity index (χ4v) is 2.77. The van der Waals surface area contributed by atoms with Crippen LogP contribution in [0.3, 0.4) is 0 Å². The van der Waals surface area contributed by atoms with E-state index in [9.17, 15) is 4.79 Å². The van der Waals surface area contributed by atoms with Crippen LogP contribution >= 0.6 is 0 Å². The van der Waals surface area contributed by atoms with Crippen molar-refractivity contribution in [3.63, 3.8) is 0 Å². The number of hydrogen-bond acceptors (Lipinski definition) is 3. The van der Waals surface area contributed by atoms with Gasteiger partial charge in [0.15, 0.2) is 0 Å². The highest BCUT2D eigenvalue weighted by Crippen LogP contribution is 2.33. The lowest BCUT2D eigenvalue weighted by Gasteiger charge is -2.39. The molecule has 0 radical (unpaired) electrons. The summed E-state index contributed by atoms with van der Waals surface area (Å²) < 4.78 is 5.38. The molecule has 1 fully saturated rings. The molecule has 0 spiro atoms. The lowest BCUT2D eigenvalue weighted by atomic mass is 9.78. The van der Waals surface area contributed by atoms with Gasteiger partial charge in [-0.2, -0.15) is 0 Å². The fraction of sp³-hybridized carbons (Fsp3) is 0.562. The van der Waals surface area contributed by atoms with Crippen LogP contribution < -0.4 is 5.73 Å².